The zero-order valence-electron chi connectivity index (χ0n) is 16.3. The van der Waals surface area contributed by atoms with Crippen molar-refractivity contribution in [2.75, 3.05) is 11.9 Å². The van der Waals surface area contributed by atoms with E-state index >= 15 is 0 Å². The lowest BCUT2D eigenvalue weighted by Gasteiger charge is -2.10. The van der Waals surface area contributed by atoms with Gasteiger partial charge in [-0.3, -0.25) is 4.79 Å². The van der Waals surface area contributed by atoms with Gasteiger partial charge in [-0.2, -0.15) is 4.80 Å². The largest absolute Gasteiger partial charge is 0.484 e. The summed E-state index contributed by atoms with van der Waals surface area (Å²) in [5.41, 5.74) is 4.53. The Morgan fingerprint density at radius 1 is 1.00 bits per heavy atom. The molecule has 0 atom stereocenters. The number of anilines is 1. The van der Waals surface area contributed by atoms with E-state index in [1.165, 1.54) is 4.80 Å². The first-order valence-electron chi connectivity index (χ1n) is 9.21. The van der Waals surface area contributed by atoms with Gasteiger partial charge in [0.05, 0.1) is 5.69 Å². The number of benzene rings is 3. The fraction of sp³-hybridized carbons (Fsp3) is 0.136. The molecule has 4 aromatic rings. The number of ether oxygens (including phenoxy) is 1. The zero-order chi connectivity index (χ0) is 21.3. The summed E-state index contributed by atoms with van der Waals surface area (Å²) in [5, 5.41) is 13.0. The molecule has 0 radical (unpaired) electrons. The second-order valence-electron chi connectivity index (χ2n) is 6.88. The van der Waals surface area contributed by atoms with Gasteiger partial charge in [-0.25, -0.2) is 0 Å². The average molecular weight is 441 g/mol. The maximum absolute atomic E-state index is 12.3. The summed E-state index contributed by atoms with van der Waals surface area (Å²) in [6, 6.07) is 16.2. The van der Waals surface area contributed by atoms with Gasteiger partial charge in [0, 0.05) is 15.7 Å². The molecule has 0 spiro atoms. The third-order valence-corrected chi connectivity index (χ3v) is 5.31. The van der Waals surface area contributed by atoms with Crippen LogP contribution in [0.25, 0.3) is 16.7 Å². The summed E-state index contributed by atoms with van der Waals surface area (Å²) in [4.78, 5) is 13.8. The van der Waals surface area contributed by atoms with E-state index in [2.05, 4.69) is 15.5 Å². The lowest BCUT2D eigenvalue weighted by molar-refractivity contribution is -0.118. The molecule has 0 aliphatic heterocycles. The first-order chi connectivity index (χ1) is 14.4. The van der Waals surface area contributed by atoms with Crippen molar-refractivity contribution in [2.45, 2.75) is 13.8 Å². The average Bonchev–Trinajstić information content (AvgIpc) is 3.14. The second kappa shape index (κ2) is 8.34. The van der Waals surface area contributed by atoms with E-state index in [0.29, 0.717) is 32.5 Å². The molecule has 152 valence electrons. The number of aryl methyl sites for hydroxylation is 2. The molecule has 0 saturated carbocycles. The van der Waals surface area contributed by atoms with E-state index in [4.69, 9.17) is 27.9 Å². The van der Waals surface area contributed by atoms with Crippen LogP contribution in [0.3, 0.4) is 0 Å². The van der Waals surface area contributed by atoms with Gasteiger partial charge in [-0.1, -0.05) is 29.3 Å². The van der Waals surface area contributed by atoms with Crippen molar-refractivity contribution in [1.29, 1.82) is 0 Å². The minimum Gasteiger partial charge on any atom is -0.484 e. The number of carbonyl (C=O) groups excluding carboxylic acids is 1. The van der Waals surface area contributed by atoms with Gasteiger partial charge in [-0.05, 0) is 73.5 Å². The standard InChI is InChI=1S/C22H18Cl2N4O2/c1-13-8-18(9-14(2)22(13)24)30-12-21(29)25-16-6-7-19-20(11-16)27-28(26-19)17-5-3-4-15(23)10-17/h3-11H,12H2,1-2H3,(H,25,29). The van der Waals surface area contributed by atoms with Gasteiger partial charge in [-0.15, -0.1) is 10.2 Å². The Balaban J connectivity index is 1.45. The van der Waals surface area contributed by atoms with Crippen molar-refractivity contribution in [3.8, 4) is 11.4 Å². The summed E-state index contributed by atoms with van der Waals surface area (Å²) >= 11 is 12.2. The highest BCUT2D eigenvalue weighted by Crippen LogP contribution is 2.26. The van der Waals surface area contributed by atoms with Gasteiger partial charge >= 0.3 is 0 Å². The minimum absolute atomic E-state index is 0.117. The SMILES string of the molecule is Cc1cc(OCC(=O)Nc2ccc3nn(-c4cccc(Cl)c4)nc3c2)cc(C)c1Cl. The molecule has 1 aromatic heterocycles. The van der Waals surface area contributed by atoms with Crippen molar-refractivity contribution in [3.05, 3.63) is 75.8 Å². The van der Waals surface area contributed by atoms with Crippen LogP contribution in [0.15, 0.2) is 54.6 Å². The number of amides is 1. The molecule has 30 heavy (non-hydrogen) atoms. The van der Waals surface area contributed by atoms with Crippen LogP contribution in [-0.4, -0.2) is 27.5 Å². The molecular formula is C22H18Cl2N4O2. The van der Waals surface area contributed by atoms with Gasteiger partial charge in [0.1, 0.15) is 16.8 Å². The third-order valence-electron chi connectivity index (χ3n) is 4.48. The summed E-state index contributed by atoms with van der Waals surface area (Å²) in [7, 11) is 0. The molecule has 1 heterocycles. The molecular weight excluding hydrogens is 423 g/mol. The molecule has 0 aliphatic carbocycles. The molecule has 0 fully saturated rings. The molecule has 0 saturated heterocycles. The monoisotopic (exact) mass is 440 g/mol. The topological polar surface area (TPSA) is 69.0 Å². The number of nitrogens with zero attached hydrogens (tertiary/aromatic N) is 3. The lowest BCUT2D eigenvalue weighted by atomic mass is 10.1. The Morgan fingerprint density at radius 2 is 1.73 bits per heavy atom. The zero-order valence-corrected chi connectivity index (χ0v) is 17.8. The maximum atomic E-state index is 12.3. The predicted molar refractivity (Wildman–Crippen MR) is 119 cm³/mol. The number of halogens is 2. The fourth-order valence-corrected chi connectivity index (χ4v) is 3.34. The number of nitrogens with one attached hydrogen (secondary N) is 1. The van der Waals surface area contributed by atoms with Gasteiger partial charge in [0.25, 0.3) is 5.91 Å². The number of rotatable bonds is 5. The summed E-state index contributed by atoms with van der Waals surface area (Å²) in [6.45, 7) is 3.68. The van der Waals surface area contributed by atoms with E-state index in [1.54, 1.807) is 30.3 Å². The molecule has 0 unspecified atom stereocenters. The number of carbonyl (C=O) groups is 1. The molecule has 8 heteroatoms. The normalized spacial score (nSPS) is 10.9. The van der Waals surface area contributed by atoms with Crippen LogP contribution in [0.2, 0.25) is 10.0 Å². The van der Waals surface area contributed by atoms with Crippen LogP contribution < -0.4 is 10.1 Å². The van der Waals surface area contributed by atoms with E-state index < -0.39 is 0 Å². The Morgan fingerprint density at radius 3 is 2.47 bits per heavy atom. The van der Waals surface area contributed by atoms with Crippen LogP contribution in [-0.2, 0) is 4.79 Å². The minimum atomic E-state index is -0.276. The summed E-state index contributed by atoms with van der Waals surface area (Å²) in [5.74, 6) is 0.325. The highest BCUT2D eigenvalue weighted by atomic mass is 35.5. The van der Waals surface area contributed by atoms with Crippen molar-refractivity contribution in [3.63, 3.8) is 0 Å². The molecule has 6 nitrogen and oxygen atoms in total. The van der Waals surface area contributed by atoms with Crippen LogP contribution in [0.1, 0.15) is 11.1 Å². The van der Waals surface area contributed by atoms with Crippen LogP contribution in [0.5, 0.6) is 5.75 Å². The van der Waals surface area contributed by atoms with Gasteiger partial charge < -0.3 is 10.1 Å². The van der Waals surface area contributed by atoms with Crippen molar-refractivity contribution in [1.82, 2.24) is 15.0 Å². The van der Waals surface area contributed by atoms with E-state index in [1.807, 2.05) is 38.1 Å². The number of fused-ring (bicyclic) bond motifs is 1. The molecule has 3 aromatic carbocycles. The van der Waals surface area contributed by atoms with Crippen LogP contribution in [0, 0.1) is 13.8 Å². The summed E-state index contributed by atoms with van der Waals surface area (Å²) in [6.07, 6.45) is 0. The maximum Gasteiger partial charge on any atom is 0.262 e. The smallest absolute Gasteiger partial charge is 0.262 e. The van der Waals surface area contributed by atoms with Gasteiger partial charge in [0.2, 0.25) is 0 Å². The second-order valence-corrected chi connectivity index (χ2v) is 7.70. The first-order valence-corrected chi connectivity index (χ1v) is 9.97. The van der Waals surface area contributed by atoms with E-state index in [-0.39, 0.29) is 12.5 Å². The third kappa shape index (κ3) is 4.40. The van der Waals surface area contributed by atoms with E-state index in [9.17, 15) is 4.79 Å². The molecule has 1 amide bonds. The number of hydrogen-bond acceptors (Lipinski definition) is 4. The molecule has 4 rings (SSSR count). The number of aromatic nitrogens is 3. The summed E-state index contributed by atoms with van der Waals surface area (Å²) < 4.78 is 5.60. The van der Waals surface area contributed by atoms with Crippen LogP contribution in [0.4, 0.5) is 5.69 Å². The Labute approximate surface area is 183 Å². The van der Waals surface area contributed by atoms with Crippen molar-refractivity contribution >= 4 is 45.8 Å². The van der Waals surface area contributed by atoms with E-state index in [0.717, 1.165) is 16.8 Å². The Bertz CT molecular complexity index is 1230. The number of hydrogen-bond donors (Lipinski definition) is 1. The quantitative estimate of drug-likeness (QED) is 0.453. The van der Waals surface area contributed by atoms with Crippen LogP contribution >= 0.6 is 23.2 Å². The fourth-order valence-electron chi connectivity index (χ4n) is 3.04. The molecule has 0 aliphatic rings. The lowest BCUT2D eigenvalue weighted by Crippen LogP contribution is -2.20. The Kier molecular flexibility index (Phi) is 5.61. The first kappa shape index (κ1) is 20.2. The predicted octanol–water partition coefficient (Wildman–Crippen LogP) is 5.36. The van der Waals surface area contributed by atoms with Crippen molar-refractivity contribution in [2.24, 2.45) is 0 Å². The Hall–Kier alpha value is -3.09. The van der Waals surface area contributed by atoms with Gasteiger partial charge in [0.15, 0.2) is 6.61 Å². The highest BCUT2D eigenvalue weighted by Gasteiger charge is 2.10. The molecule has 0 bridgehead atoms. The highest BCUT2D eigenvalue weighted by molar-refractivity contribution is 6.32. The van der Waals surface area contributed by atoms with Crippen molar-refractivity contribution < 1.29 is 9.53 Å². The molecule has 1 N–H and O–H groups in total.